The summed E-state index contributed by atoms with van der Waals surface area (Å²) in [5.41, 5.74) is 0.732. The zero-order valence-electron chi connectivity index (χ0n) is 19.2. The Bertz CT molecular complexity index is 962. The molecule has 1 aliphatic carbocycles. The minimum atomic E-state index is -2.11. The van der Waals surface area contributed by atoms with E-state index in [9.17, 15) is 14.5 Å². The van der Waals surface area contributed by atoms with E-state index in [1.54, 1.807) is 13.8 Å². The zero-order valence-corrected chi connectivity index (χ0v) is 20.2. The van der Waals surface area contributed by atoms with Crippen molar-refractivity contribution in [3.63, 3.8) is 0 Å². The van der Waals surface area contributed by atoms with Crippen LogP contribution in [0.25, 0.3) is 5.88 Å². The molecule has 1 atom stereocenters. The average molecular weight is 455 g/mol. The maximum Gasteiger partial charge on any atom is 0.354 e. The van der Waals surface area contributed by atoms with Crippen LogP contribution in [0.2, 0.25) is 18.1 Å². The van der Waals surface area contributed by atoms with Gasteiger partial charge < -0.3 is 13.6 Å². The highest BCUT2D eigenvalue weighted by atomic mass is 28.4. The summed E-state index contributed by atoms with van der Waals surface area (Å²) in [5, 5.41) is 16.1. The van der Waals surface area contributed by atoms with Crippen molar-refractivity contribution in [1.29, 1.82) is 0 Å². The summed E-state index contributed by atoms with van der Waals surface area (Å²) in [5.74, 6) is 0.519. The van der Waals surface area contributed by atoms with E-state index < -0.39 is 19.4 Å². The van der Waals surface area contributed by atoms with Gasteiger partial charge in [0.2, 0.25) is 5.88 Å². The van der Waals surface area contributed by atoms with Crippen LogP contribution >= 0.6 is 0 Å². The van der Waals surface area contributed by atoms with Crippen molar-refractivity contribution in [3.05, 3.63) is 27.4 Å². The molecule has 0 aliphatic heterocycles. The van der Waals surface area contributed by atoms with Gasteiger partial charge in [0, 0.05) is 12.8 Å². The van der Waals surface area contributed by atoms with Crippen molar-refractivity contribution in [2.45, 2.75) is 77.7 Å². The third-order valence-electron chi connectivity index (χ3n) is 5.91. The molecule has 1 unspecified atom stereocenters. The van der Waals surface area contributed by atoms with E-state index in [0.29, 0.717) is 23.2 Å². The molecule has 9 nitrogen and oxygen atoms in total. The molecule has 1 saturated carbocycles. The van der Waals surface area contributed by atoms with Crippen LogP contribution in [0.1, 0.15) is 56.8 Å². The van der Waals surface area contributed by atoms with Gasteiger partial charge in [-0.25, -0.2) is 9.37 Å². The van der Waals surface area contributed by atoms with Gasteiger partial charge >= 0.3 is 11.6 Å². The van der Waals surface area contributed by atoms with Crippen LogP contribution in [0.5, 0.6) is 5.88 Å². The fourth-order valence-corrected chi connectivity index (χ4v) is 4.03. The molecule has 0 N–H and O–H groups in total. The van der Waals surface area contributed by atoms with Crippen molar-refractivity contribution in [2.24, 2.45) is 0 Å². The van der Waals surface area contributed by atoms with Crippen LogP contribution in [-0.4, -0.2) is 47.4 Å². The molecule has 11 heteroatoms. The van der Waals surface area contributed by atoms with Crippen LogP contribution < -0.4 is 4.74 Å². The second-order valence-electron chi connectivity index (χ2n) is 9.59. The first-order chi connectivity index (χ1) is 14.3. The highest BCUT2D eigenvalue weighted by Crippen LogP contribution is 2.48. The standard InChI is InChI=1S/C20H31FN4O5Si/c1-12-19(30-13(2)22-12)24-16(14-8-9-14)17(25(26)27)18(23-24)28-10-15(21)11-29-31(6,7)20(3,4)5/h14-15H,8-11H2,1-7H3. The van der Waals surface area contributed by atoms with E-state index >= 15 is 0 Å². The van der Waals surface area contributed by atoms with E-state index in [2.05, 4.69) is 30.9 Å². The van der Waals surface area contributed by atoms with Crippen molar-refractivity contribution >= 4 is 14.0 Å². The molecule has 0 spiro atoms. The average Bonchev–Trinajstić information content (AvgIpc) is 3.33. The Hall–Kier alpha value is -2.27. The van der Waals surface area contributed by atoms with E-state index in [1.807, 2.05) is 13.1 Å². The molecule has 2 heterocycles. The Labute approximate surface area is 182 Å². The molecule has 1 aliphatic rings. The molecular weight excluding hydrogens is 423 g/mol. The van der Waals surface area contributed by atoms with Gasteiger partial charge in [-0.3, -0.25) is 10.1 Å². The van der Waals surface area contributed by atoms with Gasteiger partial charge in [0.05, 0.1) is 11.5 Å². The SMILES string of the molecule is Cc1nc(C)c(-n2nc(OCC(F)CO[Si](C)(C)C(C)(C)C)c([N+](=O)[O-])c2C2CC2)o1. The lowest BCUT2D eigenvalue weighted by Crippen LogP contribution is -2.42. The Morgan fingerprint density at radius 2 is 1.97 bits per heavy atom. The second-order valence-corrected chi connectivity index (χ2v) is 14.4. The topological polar surface area (TPSA) is 105 Å². The van der Waals surface area contributed by atoms with Gasteiger partial charge in [-0.2, -0.15) is 4.68 Å². The number of nitrogens with zero attached hydrogens (tertiary/aromatic N) is 4. The maximum atomic E-state index is 14.5. The molecule has 1 fully saturated rings. The highest BCUT2D eigenvalue weighted by molar-refractivity contribution is 6.74. The smallest absolute Gasteiger partial charge is 0.354 e. The van der Waals surface area contributed by atoms with Gasteiger partial charge in [-0.1, -0.05) is 20.8 Å². The third kappa shape index (κ3) is 4.98. The van der Waals surface area contributed by atoms with Crippen LogP contribution in [0.4, 0.5) is 10.1 Å². The fraction of sp³-hybridized carbons (Fsp3) is 0.700. The first-order valence-corrected chi connectivity index (χ1v) is 13.3. The number of hydrogen-bond acceptors (Lipinski definition) is 7. The normalized spacial score (nSPS) is 15.9. The maximum absolute atomic E-state index is 14.5. The molecule has 0 radical (unpaired) electrons. The van der Waals surface area contributed by atoms with Gasteiger partial charge in [0.1, 0.15) is 18.0 Å². The van der Waals surface area contributed by atoms with Crippen LogP contribution in [0, 0.1) is 24.0 Å². The predicted octanol–water partition coefficient (Wildman–Crippen LogP) is 5.00. The minimum absolute atomic E-state index is 0.0156. The van der Waals surface area contributed by atoms with E-state index in [0.717, 1.165) is 12.8 Å². The minimum Gasteiger partial charge on any atom is -0.469 e. The number of nitro groups is 1. The monoisotopic (exact) mass is 454 g/mol. The molecule has 0 aromatic carbocycles. The number of alkyl halides is 1. The summed E-state index contributed by atoms with van der Waals surface area (Å²) in [6.07, 6.45) is 0.187. The fourth-order valence-electron chi connectivity index (χ4n) is 3.00. The number of aryl methyl sites for hydroxylation is 2. The van der Waals surface area contributed by atoms with Gasteiger partial charge in [0.25, 0.3) is 0 Å². The summed E-state index contributed by atoms with van der Waals surface area (Å²) >= 11 is 0. The molecule has 0 saturated heterocycles. The molecule has 2 aromatic rings. The molecule has 0 bridgehead atoms. The van der Waals surface area contributed by atoms with Gasteiger partial charge in [-0.05, 0) is 37.9 Å². The number of oxazole rings is 1. The largest absolute Gasteiger partial charge is 0.469 e. The van der Waals surface area contributed by atoms with E-state index in [1.165, 1.54) is 4.68 Å². The Morgan fingerprint density at radius 3 is 2.45 bits per heavy atom. The van der Waals surface area contributed by atoms with E-state index in [4.69, 9.17) is 13.6 Å². The first-order valence-electron chi connectivity index (χ1n) is 10.4. The summed E-state index contributed by atoms with van der Waals surface area (Å²) in [7, 11) is -2.11. The lowest BCUT2D eigenvalue weighted by atomic mass is 10.2. The molecule has 0 amide bonds. The van der Waals surface area contributed by atoms with Crippen molar-refractivity contribution in [2.75, 3.05) is 13.2 Å². The lowest BCUT2D eigenvalue weighted by Gasteiger charge is -2.36. The zero-order chi connectivity index (χ0) is 23.1. The van der Waals surface area contributed by atoms with Crippen molar-refractivity contribution in [1.82, 2.24) is 14.8 Å². The molecular formula is C20H31FN4O5Si. The van der Waals surface area contributed by atoms with Crippen molar-refractivity contribution < 1.29 is 22.9 Å². The third-order valence-corrected chi connectivity index (χ3v) is 10.4. The first kappa shape index (κ1) is 23.4. The summed E-state index contributed by atoms with van der Waals surface area (Å²) in [6, 6.07) is 0. The Balaban J connectivity index is 1.81. The van der Waals surface area contributed by atoms with Crippen molar-refractivity contribution in [3.8, 4) is 11.8 Å². The number of aromatic nitrogens is 3. The second kappa shape index (κ2) is 8.34. The van der Waals surface area contributed by atoms with Crippen LogP contribution in [0.15, 0.2) is 4.42 Å². The quantitative estimate of drug-likeness (QED) is 0.298. The number of hydrogen-bond donors (Lipinski definition) is 0. The number of ether oxygens (including phenoxy) is 1. The van der Waals surface area contributed by atoms with E-state index in [-0.39, 0.29) is 35.7 Å². The van der Waals surface area contributed by atoms with Gasteiger partial charge in [0.15, 0.2) is 20.4 Å². The summed E-state index contributed by atoms with van der Waals surface area (Å²) < 4.78 is 32.9. The summed E-state index contributed by atoms with van der Waals surface area (Å²) in [4.78, 5) is 15.5. The lowest BCUT2D eigenvalue weighted by molar-refractivity contribution is -0.386. The predicted molar refractivity (Wildman–Crippen MR) is 115 cm³/mol. The summed E-state index contributed by atoms with van der Waals surface area (Å²) in [6.45, 7) is 13.2. The number of rotatable bonds is 9. The van der Waals surface area contributed by atoms with Crippen LogP contribution in [-0.2, 0) is 4.43 Å². The van der Waals surface area contributed by atoms with Gasteiger partial charge in [-0.15, -0.1) is 5.10 Å². The van der Waals surface area contributed by atoms with Crippen LogP contribution in [0.3, 0.4) is 0 Å². The molecule has 2 aromatic heterocycles. The Kier molecular flexibility index (Phi) is 6.29. The Morgan fingerprint density at radius 1 is 1.32 bits per heavy atom. The molecule has 3 rings (SSSR count). The highest BCUT2D eigenvalue weighted by Gasteiger charge is 2.41. The molecule has 31 heavy (non-hydrogen) atoms. The molecule has 172 valence electrons. The number of halogens is 1.